The van der Waals surface area contributed by atoms with Crippen molar-refractivity contribution in [2.45, 2.75) is 18.2 Å². The Labute approximate surface area is 136 Å². The van der Waals surface area contributed by atoms with E-state index in [0.717, 1.165) is 38.5 Å². The number of hydrogen-bond acceptors (Lipinski definition) is 5. The number of thiol groups is 1. The topological polar surface area (TPSA) is 37.2 Å². The van der Waals surface area contributed by atoms with Gasteiger partial charge in [-0.15, -0.1) is 29.4 Å². The molecule has 116 valence electrons. The van der Waals surface area contributed by atoms with Crippen LogP contribution in [-0.4, -0.2) is 45.8 Å². The van der Waals surface area contributed by atoms with Gasteiger partial charge in [0.15, 0.2) is 5.16 Å². The van der Waals surface area contributed by atoms with Crippen molar-refractivity contribution < 1.29 is 0 Å². The highest BCUT2D eigenvalue weighted by Gasteiger charge is 2.19. The van der Waals surface area contributed by atoms with Crippen LogP contribution in [0.25, 0.3) is 0 Å². The van der Waals surface area contributed by atoms with Gasteiger partial charge in [-0.05, 0) is 12.1 Å². The fraction of sp³-hybridized carbons (Fsp3) is 0.375. The lowest BCUT2D eigenvalue weighted by molar-refractivity contribution is 0.240. The zero-order chi connectivity index (χ0) is 15.4. The summed E-state index contributed by atoms with van der Waals surface area (Å²) in [6.07, 6.45) is 1.85. The van der Waals surface area contributed by atoms with E-state index in [1.54, 1.807) is 0 Å². The van der Waals surface area contributed by atoms with Gasteiger partial charge in [0.25, 0.3) is 0 Å². The average molecular weight is 315 g/mol. The van der Waals surface area contributed by atoms with E-state index in [9.17, 15) is 0 Å². The molecule has 22 heavy (non-hydrogen) atoms. The SMILES string of the molecule is C=CCn1c(S)nnc1CN1CCN(c2ccccc2)CC1. The van der Waals surface area contributed by atoms with Gasteiger partial charge < -0.3 is 9.47 Å². The molecule has 1 aromatic heterocycles. The summed E-state index contributed by atoms with van der Waals surface area (Å²) in [4.78, 5) is 4.84. The summed E-state index contributed by atoms with van der Waals surface area (Å²) in [6, 6.07) is 10.6. The van der Waals surface area contributed by atoms with Crippen LogP contribution >= 0.6 is 12.6 Å². The first-order chi connectivity index (χ1) is 10.8. The first-order valence-electron chi connectivity index (χ1n) is 7.52. The highest BCUT2D eigenvalue weighted by molar-refractivity contribution is 7.80. The Bertz CT molecular complexity index is 617. The molecule has 5 nitrogen and oxygen atoms in total. The van der Waals surface area contributed by atoms with Crippen LogP contribution in [-0.2, 0) is 13.1 Å². The van der Waals surface area contributed by atoms with Crippen LogP contribution in [0, 0.1) is 0 Å². The standard InChI is InChI=1S/C16H21N5S/c1-2-8-21-15(17-18-16(21)22)13-19-9-11-20(12-10-19)14-6-4-3-5-7-14/h2-7H,1,8-13H2,(H,18,22). The summed E-state index contributed by atoms with van der Waals surface area (Å²) >= 11 is 4.35. The second-order valence-corrected chi connectivity index (χ2v) is 5.81. The van der Waals surface area contributed by atoms with Crippen LogP contribution in [0.3, 0.4) is 0 Å². The van der Waals surface area contributed by atoms with E-state index in [2.05, 4.69) is 69.5 Å². The largest absolute Gasteiger partial charge is 0.369 e. The minimum atomic E-state index is 0.651. The summed E-state index contributed by atoms with van der Waals surface area (Å²) in [7, 11) is 0. The summed E-state index contributed by atoms with van der Waals surface area (Å²) < 4.78 is 2.00. The van der Waals surface area contributed by atoms with Crippen LogP contribution in [0.1, 0.15) is 5.82 Å². The Morgan fingerprint density at radius 2 is 1.82 bits per heavy atom. The van der Waals surface area contributed by atoms with Crippen LogP contribution in [0.4, 0.5) is 5.69 Å². The lowest BCUT2D eigenvalue weighted by Gasteiger charge is -2.35. The highest BCUT2D eigenvalue weighted by atomic mass is 32.1. The number of benzene rings is 1. The van der Waals surface area contributed by atoms with E-state index < -0.39 is 0 Å². The molecule has 0 saturated carbocycles. The monoisotopic (exact) mass is 315 g/mol. The Kier molecular flexibility index (Phi) is 4.80. The molecule has 0 amide bonds. The fourth-order valence-corrected chi connectivity index (χ4v) is 3.00. The molecule has 0 radical (unpaired) electrons. The fourth-order valence-electron chi connectivity index (χ4n) is 2.76. The molecule has 3 rings (SSSR count). The van der Waals surface area contributed by atoms with Crippen LogP contribution in [0.5, 0.6) is 0 Å². The minimum Gasteiger partial charge on any atom is -0.369 e. The molecule has 1 aliphatic heterocycles. The number of piperazine rings is 1. The smallest absolute Gasteiger partial charge is 0.188 e. The van der Waals surface area contributed by atoms with E-state index in [0.29, 0.717) is 11.7 Å². The number of allylic oxidation sites excluding steroid dienone is 1. The molecule has 0 unspecified atom stereocenters. The number of nitrogens with zero attached hydrogens (tertiary/aromatic N) is 5. The molecule has 0 aliphatic carbocycles. The highest BCUT2D eigenvalue weighted by Crippen LogP contribution is 2.17. The second kappa shape index (κ2) is 6.98. The van der Waals surface area contributed by atoms with E-state index >= 15 is 0 Å². The summed E-state index contributed by atoms with van der Waals surface area (Å²) in [5, 5.41) is 8.95. The van der Waals surface area contributed by atoms with Gasteiger partial charge in [0.05, 0.1) is 6.54 Å². The summed E-state index contributed by atoms with van der Waals surface area (Å²) in [5.41, 5.74) is 1.30. The lowest BCUT2D eigenvalue weighted by atomic mass is 10.2. The maximum absolute atomic E-state index is 4.35. The molecule has 1 saturated heterocycles. The molecule has 2 heterocycles. The summed E-state index contributed by atoms with van der Waals surface area (Å²) in [6.45, 7) is 9.41. The van der Waals surface area contributed by atoms with Gasteiger partial charge in [-0.1, -0.05) is 24.3 Å². The van der Waals surface area contributed by atoms with Gasteiger partial charge in [-0.3, -0.25) is 4.90 Å². The number of aromatic nitrogens is 3. The molecule has 0 N–H and O–H groups in total. The van der Waals surface area contributed by atoms with Gasteiger partial charge in [0, 0.05) is 38.4 Å². The minimum absolute atomic E-state index is 0.651. The molecule has 1 aromatic carbocycles. The van der Waals surface area contributed by atoms with Crippen LogP contribution in [0.2, 0.25) is 0 Å². The molecular formula is C16H21N5S. The van der Waals surface area contributed by atoms with Crippen molar-refractivity contribution in [2.24, 2.45) is 0 Å². The van der Waals surface area contributed by atoms with E-state index in [4.69, 9.17) is 0 Å². The van der Waals surface area contributed by atoms with Crippen molar-refractivity contribution in [1.82, 2.24) is 19.7 Å². The Balaban J connectivity index is 1.59. The van der Waals surface area contributed by atoms with Crippen LogP contribution < -0.4 is 4.90 Å². The average Bonchev–Trinajstić information content (AvgIpc) is 2.90. The van der Waals surface area contributed by atoms with Crippen LogP contribution in [0.15, 0.2) is 48.1 Å². The van der Waals surface area contributed by atoms with Crippen molar-refractivity contribution in [1.29, 1.82) is 0 Å². The van der Waals surface area contributed by atoms with Crippen molar-refractivity contribution >= 4 is 18.3 Å². The number of hydrogen-bond donors (Lipinski definition) is 1. The predicted octanol–water partition coefficient (Wildman–Crippen LogP) is 2.08. The third-order valence-electron chi connectivity index (χ3n) is 3.98. The van der Waals surface area contributed by atoms with E-state index in [-0.39, 0.29) is 0 Å². The van der Waals surface area contributed by atoms with Gasteiger partial charge in [0.1, 0.15) is 5.82 Å². The number of anilines is 1. The first-order valence-corrected chi connectivity index (χ1v) is 7.97. The van der Waals surface area contributed by atoms with Crippen molar-refractivity contribution in [3.63, 3.8) is 0 Å². The molecule has 0 bridgehead atoms. The van der Waals surface area contributed by atoms with Crippen molar-refractivity contribution in [2.75, 3.05) is 31.1 Å². The zero-order valence-corrected chi connectivity index (χ0v) is 13.5. The first kappa shape index (κ1) is 15.1. The van der Waals surface area contributed by atoms with Crippen molar-refractivity contribution in [3.8, 4) is 0 Å². The Morgan fingerprint density at radius 1 is 1.09 bits per heavy atom. The second-order valence-electron chi connectivity index (χ2n) is 5.41. The predicted molar refractivity (Wildman–Crippen MR) is 91.4 cm³/mol. The van der Waals surface area contributed by atoms with Gasteiger partial charge in [0.2, 0.25) is 0 Å². The molecule has 1 fully saturated rings. The number of para-hydroxylation sites is 1. The lowest BCUT2D eigenvalue weighted by Crippen LogP contribution is -2.46. The maximum atomic E-state index is 4.35. The molecule has 0 atom stereocenters. The van der Waals surface area contributed by atoms with E-state index in [1.165, 1.54) is 5.69 Å². The van der Waals surface area contributed by atoms with Gasteiger partial charge >= 0.3 is 0 Å². The van der Waals surface area contributed by atoms with Crippen molar-refractivity contribution in [3.05, 3.63) is 48.8 Å². The molecule has 1 aliphatic rings. The zero-order valence-electron chi connectivity index (χ0n) is 12.6. The van der Waals surface area contributed by atoms with Gasteiger partial charge in [-0.2, -0.15) is 0 Å². The quantitative estimate of drug-likeness (QED) is 0.677. The molecular weight excluding hydrogens is 294 g/mol. The third-order valence-corrected chi connectivity index (χ3v) is 4.31. The maximum Gasteiger partial charge on any atom is 0.188 e. The molecule has 6 heteroatoms. The summed E-state index contributed by atoms with van der Waals surface area (Å²) in [5.74, 6) is 0.957. The Morgan fingerprint density at radius 3 is 2.50 bits per heavy atom. The molecule has 2 aromatic rings. The molecule has 0 spiro atoms. The Hall–Kier alpha value is -1.79. The van der Waals surface area contributed by atoms with Gasteiger partial charge in [-0.25, -0.2) is 0 Å². The third kappa shape index (κ3) is 3.34. The normalized spacial score (nSPS) is 16.0. The van der Waals surface area contributed by atoms with E-state index in [1.807, 2.05) is 10.6 Å². The number of rotatable bonds is 5.